The van der Waals surface area contributed by atoms with E-state index in [4.69, 9.17) is 37.6 Å². The van der Waals surface area contributed by atoms with E-state index in [9.17, 15) is 18.0 Å². The number of hydrogen-bond donors (Lipinski definition) is 2. The minimum atomic E-state index is -4.57. The summed E-state index contributed by atoms with van der Waals surface area (Å²) in [6.07, 6.45) is -2.42. The van der Waals surface area contributed by atoms with Crippen LogP contribution < -0.4 is 10.1 Å². The van der Waals surface area contributed by atoms with Crippen LogP contribution in [0.25, 0.3) is 28.6 Å². The zero-order valence-electron chi connectivity index (χ0n) is 17.4. The Hall–Kier alpha value is -3.35. The molecule has 0 aliphatic carbocycles. The number of aromatic nitrogens is 4. The molecule has 4 heterocycles. The maximum Gasteiger partial charge on any atom is 0.417 e. The molecule has 0 bridgehead atoms. The smallest absolute Gasteiger partial charge is 0.417 e. The van der Waals surface area contributed by atoms with Crippen molar-refractivity contribution in [3.63, 3.8) is 0 Å². The van der Waals surface area contributed by atoms with Crippen LogP contribution in [0.15, 0.2) is 41.2 Å². The highest BCUT2D eigenvalue weighted by Gasteiger charge is 2.32. The van der Waals surface area contributed by atoms with Crippen molar-refractivity contribution in [2.75, 3.05) is 6.54 Å². The molecule has 35 heavy (non-hydrogen) atoms. The van der Waals surface area contributed by atoms with Gasteiger partial charge in [0.05, 0.1) is 15.6 Å². The third-order valence-corrected chi connectivity index (χ3v) is 5.94. The van der Waals surface area contributed by atoms with E-state index in [1.165, 1.54) is 6.20 Å². The number of carboxylic acids is 1. The number of benzene rings is 1. The van der Waals surface area contributed by atoms with E-state index >= 15 is 0 Å². The molecule has 0 saturated carbocycles. The van der Waals surface area contributed by atoms with Crippen LogP contribution in [0, 0.1) is 0 Å². The Balaban J connectivity index is 1.37. The number of pyridine rings is 1. The highest BCUT2D eigenvalue weighted by Crippen LogP contribution is 2.34. The quantitative estimate of drug-likeness (QED) is 0.387. The van der Waals surface area contributed by atoms with Gasteiger partial charge in [-0.15, -0.1) is 0 Å². The van der Waals surface area contributed by atoms with Gasteiger partial charge in [0.2, 0.25) is 5.82 Å². The van der Waals surface area contributed by atoms with Crippen molar-refractivity contribution in [1.82, 2.24) is 24.8 Å². The summed E-state index contributed by atoms with van der Waals surface area (Å²) >= 11 is 12.4. The van der Waals surface area contributed by atoms with Gasteiger partial charge >= 0.3 is 12.1 Å². The molecule has 1 aliphatic heterocycles. The number of ether oxygens (including phenoxy) is 1. The maximum atomic E-state index is 13.1. The summed E-state index contributed by atoms with van der Waals surface area (Å²) < 4.78 is 51.4. The lowest BCUT2D eigenvalue weighted by Crippen LogP contribution is -2.30. The predicted octanol–water partition coefficient (Wildman–Crippen LogP) is 4.57. The van der Waals surface area contributed by atoms with Gasteiger partial charge in [-0.25, -0.2) is 4.98 Å². The van der Waals surface area contributed by atoms with Crippen LogP contribution in [-0.4, -0.2) is 49.3 Å². The molecule has 0 spiro atoms. The van der Waals surface area contributed by atoms with Crippen LogP contribution in [0.2, 0.25) is 10.0 Å². The second-order valence-corrected chi connectivity index (χ2v) is 8.59. The molecule has 14 heteroatoms. The molecule has 0 amide bonds. The Kier molecular flexibility index (Phi) is 5.82. The van der Waals surface area contributed by atoms with Gasteiger partial charge in [0.25, 0.3) is 5.89 Å². The third-order valence-electron chi connectivity index (χ3n) is 5.35. The number of carboxylic acid groups (broad SMARTS) is 1. The molecule has 2 N–H and O–H groups in total. The molecule has 2 atom stereocenters. The van der Waals surface area contributed by atoms with Crippen molar-refractivity contribution < 1.29 is 32.3 Å². The van der Waals surface area contributed by atoms with Crippen molar-refractivity contribution in [2.45, 2.75) is 24.7 Å². The van der Waals surface area contributed by atoms with Gasteiger partial charge in [-0.3, -0.25) is 4.79 Å². The number of alkyl halides is 3. The highest BCUT2D eigenvalue weighted by atomic mass is 35.5. The van der Waals surface area contributed by atoms with Gasteiger partial charge in [-0.1, -0.05) is 28.4 Å². The number of rotatable bonds is 5. The van der Waals surface area contributed by atoms with Crippen molar-refractivity contribution in [2.24, 2.45) is 0 Å². The summed E-state index contributed by atoms with van der Waals surface area (Å²) in [5.74, 6) is -0.410. The maximum absolute atomic E-state index is 13.1. The zero-order valence-corrected chi connectivity index (χ0v) is 18.9. The van der Waals surface area contributed by atoms with E-state index in [0.717, 1.165) is 16.7 Å². The Morgan fingerprint density at radius 3 is 2.69 bits per heavy atom. The zero-order chi connectivity index (χ0) is 24.9. The van der Waals surface area contributed by atoms with Crippen molar-refractivity contribution in [3.8, 4) is 28.7 Å². The lowest BCUT2D eigenvalue weighted by Gasteiger charge is -2.13. The number of halogens is 5. The molecule has 1 saturated heterocycles. The Bertz CT molecular complexity index is 1440. The Morgan fingerprint density at radius 1 is 1.20 bits per heavy atom. The van der Waals surface area contributed by atoms with Crippen LogP contribution in [0.3, 0.4) is 0 Å². The minimum Gasteiger partial charge on any atom is -0.489 e. The molecule has 1 aliphatic rings. The van der Waals surface area contributed by atoms with Crippen LogP contribution >= 0.6 is 23.2 Å². The Morgan fingerprint density at radius 2 is 2.00 bits per heavy atom. The van der Waals surface area contributed by atoms with Crippen LogP contribution in [0.1, 0.15) is 12.0 Å². The van der Waals surface area contributed by atoms with E-state index in [-0.39, 0.29) is 39.2 Å². The summed E-state index contributed by atoms with van der Waals surface area (Å²) in [5.41, 5.74) is -0.280. The standard InChI is InChI=1S/C21H14Cl2F3N5O4/c22-13-4-10(34-11-5-15(20(32)33)27-6-11)1-2-12(13)17-29-19(35-30-17)16-8-31-7-9(21(24,25)26)3-14(23)18(31)28-16/h1-4,7-8,11,15,27H,5-6H2,(H,32,33)/t11-,15+/m0/s1. The summed E-state index contributed by atoms with van der Waals surface area (Å²) in [6.45, 7) is 0.387. The molecule has 1 aromatic carbocycles. The number of hydrogen-bond acceptors (Lipinski definition) is 7. The molecule has 0 unspecified atom stereocenters. The number of aliphatic carboxylic acids is 1. The fourth-order valence-electron chi connectivity index (χ4n) is 3.68. The fraction of sp³-hybridized carbons (Fsp3) is 0.238. The van der Waals surface area contributed by atoms with Crippen LogP contribution in [-0.2, 0) is 11.0 Å². The molecular weight excluding hydrogens is 514 g/mol. The normalized spacial score (nSPS) is 18.3. The molecule has 182 valence electrons. The average Bonchev–Trinajstić information content (AvgIpc) is 3.52. The Labute approximate surface area is 204 Å². The van der Waals surface area contributed by atoms with Gasteiger partial charge < -0.3 is 24.1 Å². The summed E-state index contributed by atoms with van der Waals surface area (Å²) in [4.78, 5) is 19.5. The van der Waals surface area contributed by atoms with Gasteiger partial charge in [0, 0.05) is 30.9 Å². The molecular formula is C21H14Cl2F3N5O4. The van der Waals surface area contributed by atoms with Gasteiger partial charge in [0.1, 0.15) is 23.6 Å². The lowest BCUT2D eigenvalue weighted by atomic mass is 10.2. The van der Waals surface area contributed by atoms with E-state index in [1.54, 1.807) is 18.2 Å². The highest BCUT2D eigenvalue weighted by molar-refractivity contribution is 6.33. The topological polar surface area (TPSA) is 115 Å². The molecule has 1 fully saturated rings. The van der Waals surface area contributed by atoms with E-state index in [1.807, 2.05) is 0 Å². The van der Waals surface area contributed by atoms with E-state index in [2.05, 4.69) is 20.4 Å². The van der Waals surface area contributed by atoms with Gasteiger partial charge in [-0.2, -0.15) is 18.2 Å². The van der Waals surface area contributed by atoms with Crippen molar-refractivity contribution >= 4 is 34.8 Å². The summed E-state index contributed by atoms with van der Waals surface area (Å²) in [5, 5.41) is 15.9. The first kappa shape index (κ1) is 23.4. The fourth-order valence-corrected chi connectivity index (χ4v) is 4.19. The van der Waals surface area contributed by atoms with Crippen LogP contribution in [0.5, 0.6) is 5.75 Å². The minimum absolute atomic E-state index is 0.0403. The van der Waals surface area contributed by atoms with Crippen molar-refractivity contribution in [1.29, 1.82) is 0 Å². The molecule has 3 aromatic heterocycles. The number of imidazole rings is 1. The summed E-state index contributed by atoms with van der Waals surface area (Å²) in [6, 6.07) is 4.92. The molecule has 9 nitrogen and oxygen atoms in total. The molecule has 4 aromatic rings. The first-order valence-corrected chi connectivity index (χ1v) is 10.9. The third kappa shape index (κ3) is 4.64. The van der Waals surface area contributed by atoms with E-state index in [0.29, 0.717) is 24.3 Å². The monoisotopic (exact) mass is 527 g/mol. The lowest BCUT2D eigenvalue weighted by molar-refractivity contribution is -0.139. The number of nitrogens with zero attached hydrogens (tertiary/aromatic N) is 4. The van der Waals surface area contributed by atoms with Crippen molar-refractivity contribution in [3.05, 3.63) is 52.3 Å². The van der Waals surface area contributed by atoms with Gasteiger partial charge in [-0.05, 0) is 24.3 Å². The molecule has 5 rings (SSSR count). The SMILES string of the molecule is O=C(O)[C@H]1C[C@H](Oc2ccc(-c3noc(-c4cn5cc(C(F)(F)F)cc(Cl)c5n4)n3)c(Cl)c2)CN1. The first-order chi connectivity index (χ1) is 16.6. The predicted molar refractivity (Wildman–Crippen MR) is 117 cm³/mol. The van der Waals surface area contributed by atoms with Gasteiger partial charge in [0.15, 0.2) is 5.65 Å². The first-order valence-electron chi connectivity index (χ1n) is 10.1. The largest absolute Gasteiger partial charge is 0.489 e. The second kappa shape index (κ2) is 8.70. The number of fused-ring (bicyclic) bond motifs is 1. The van der Waals surface area contributed by atoms with E-state index < -0.39 is 23.8 Å². The number of nitrogens with one attached hydrogen (secondary N) is 1. The molecule has 0 radical (unpaired) electrons. The number of carbonyl (C=O) groups is 1. The van der Waals surface area contributed by atoms with Crippen LogP contribution in [0.4, 0.5) is 13.2 Å². The second-order valence-electron chi connectivity index (χ2n) is 7.77. The average molecular weight is 528 g/mol. The summed E-state index contributed by atoms with van der Waals surface area (Å²) in [7, 11) is 0.